The number of hydrogen-bond donors (Lipinski definition) is 3. The molecule has 2 aliphatic rings. The summed E-state index contributed by atoms with van der Waals surface area (Å²) >= 11 is 0. The van der Waals surface area contributed by atoms with Crippen LogP contribution in [0.2, 0.25) is 0 Å². The first-order valence-corrected chi connectivity index (χ1v) is 6.94. The zero-order chi connectivity index (χ0) is 12.8. The molecule has 1 aromatic carbocycles. The van der Waals surface area contributed by atoms with Crippen LogP contribution in [0.5, 0.6) is 0 Å². The van der Waals surface area contributed by atoms with Gasteiger partial charge in [-0.15, -0.1) is 0 Å². The minimum Gasteiger partial charge on any atom is -0.358 e. The van der Waals surface area contributed by atoms with Gasteiger partial charge in [0.05, 0.1) is 6.04 Å². The van der Waals surface area contributed by atoms with Crippen LogP contribution in [0.4, 0.5) is 0 Å². The fourth-order valence-electron chi connectivity index (χ4n) is 3.43. The highest BCUT2D eigenvalue weighted by atomic mass is 15.3. The van der Waals surface area contributed by atoms with Crippen molar-refractivity contribution >= 4 is 16.6 Å². The zero-order valence-corrected chi connectivity index (χ0v) is 11.0. The second kappa shape index (κ2) is 4.10. The van der Waals surface area contributed by atoms with Gasteiger partial charge in [0.15, 0.2) is 0 Å². The van der Waals surface area contributed by atoms with E-state index in [-0.39, 0.29) is 0 Å². The van der Waals surface area contributed by atoms with E-state index in [1.165, 1.54) is 27.9 Å². The average Bonchev–Trinajstić information content (AvgIpc) is 2.98. The number of rotatable bonds is 1. The van der Waals surface area contributed by atoms with Crippen molar-refractivity contribution in [1.82, 2.24) is 15.7 Å². The van der Waals surface area contributed by atoms with Crippen LogP contribution in [0.3, 0.4) is 0 Å². The molecule has 4 heteroatoms. The standard InChI is InChI=1S/C15H18N4/c1-9-14(10-4-2-3-5-12(10)17-9)15-11-8-16-7-6-13(11)18-19-15/h2-5,11,15-17,19H,6-8H2,1H3. The molecule has 19 heavy (non-hydrogen) atoms. The molecule has 0 radical (unpaired) electrons. The van der Waals surface area contributed by atoms with Gasteiger partial charge in [-0.25, -0.2) is 0 Å². The van der Waals surface area contributed by atoms with Crippen molar-refractivity contribution in [2.75, 3.05) is 13.1 Å². The van der Waals surface area contributed by atoms with Gasteiger partial charge in [-0.05, 0) is 13.0 Å². The lowest BCUT2D eigenvalue weighted by Crippen LogP contribution is -2.38. The first-order chi connectivity index (χ1) is 9.34. The topological polar surface area (TPSA) is 52.2 Å². The van der Waals surface area contributed by atoms with E-state index in [4.69, 9.17) is 0 Å². The van der Waals surface area contributed by atoms with Crippen molar-refractivity contribution in [3.63, 3.8) is 0 Å². The van der Waals surface area contributed by atoms with Crippen LogP contribution in [0.15, 0.2) is 29.4 Å². The van der Waals surface area contributed by atoms with E-state index in [0.717, 1.165) is 19.5 Å². The molecule has 2 aliphatic heterocycles. The summed E-state index contributed by atoms with van der Waals surface area (Å²) in [7, 11) is 0. The third-order valence-electron chi connectivity index (χ3n) is 4.35. The van der Waals surface area contributed by atoms with E-state index < -0.39 is 0 Å². The number of H-pyrrole nitrogens is 1. The van der Waals surface area contributed by atoms with Crippen LogP contribution < -0.4 is 10.7 Å². The molecular weight excluding hydrogens is 236 g/mol. The quantitative estimate of drug-likeness (QED) is 0.730. The van der Waals surface area contributed by atoms with Gasteiger partial charge < -0.3 is 15.7 Å². The summed E-state index contributed by atoms with van der Waals surface area (Å²) in [6.07, 6.45) is 1.07. The predicted octanol–water partition coefficient (Wildman–Crippen LogP) is 2.09. The molecule has 2 unspecified atom stereocenters. The smallest absolute Gasteiger partial charge is 0.0806 e. The second-order valence-corrected chi connectivity index (χ2v) is 5.48. The lowest BCUT2D eigenvalue weighted by Gasteiger charge is -2.25. The number of benzene rings is 1. The van der Waals surface area contributed by atoms with Crippen LogP contribution in [0.1, 0.15) is 23.7 Å². The maximum Gasteiger partial charge on any atom is 0.0806 e. The molecule has 1 aromatic heterocycles. The number of hydrogen-bond acceptors (Lipinski definition) is 3. The predicted molar refractivity (Wildman–Crippen MR) is 77.3 cm³/mol. The molecule has 0 aliphatic carbocycles. The fourth-order valence-corrected chi connectivity index (χ4v) is 3.43. The molecular formula is C15H18N4. The van der Waals surface area contributed by atoms with Crippen molar-refractivity contribution in [2.45, 2.75) is 19.4 Å². The molecule has 0 spiro atoms. The van der Waals surface area contributed by atoms with Crippen molar-refractivity contribution in [2.24, 2.45) is 11.0 Å². The number of aromatic amines is 1. The number of para-hydroxylation sites is 1. The summed E-state index contributed by atoms with van der Waals surface area (Å²) < 4.78 is 0. The molecule has 3 heterocycles. The highest BCUT2D eigenvalue weighted by Crippen LogP contribution is 2.36. The van der Waals surface area contributed by atoms with Crippen molar-refractivity contribution in [3.05, 3.63) is 35.5 Å². The Hall–Kier alpha value is -1.81. The fraction of sp³-hybridized carbons (Fsp3) is 0.400. The van der Waals surface area contributed by atoms with Gasteiger partial charge in [0, 0.05) is 53.3 Å². The van der Waals surface area contributed by atoms with E-state index in [1.54, 1.807) is 0 Å². The largest absolute Gasteiger partial charge is 0.358 e. The van der Waals surface area contributed by atoms with E-state index >= 15 is 0 Å². The van der Waals surface area contributed by atoms with E-state index in [1.807, 2.05) is 0 Å². The van der Waals surface area contributed by atoms with Gasteiger partial charge in [0.2, 0.25) is 0 Å². The number of aromatic nitrogens is 1. The minimum absolute atomic E-state index is 0.305. The van der Waals surface area contributed by atoms with Crippen LogP contribution in [0, 0.1) is 12.8 Å². The zero-order valence-electron chi connectivity index (χ0n) is 11.0. The molecule has 0 amide bonds. The Morgan fingerprint density at radius 3 is 3.11 bits per heavy atom. The summed E-state index contributed by atoms with van der Waals surface area (Å²) in [6, 6.07) is 8.83. The van der Waals surface area contributed by atoms with Gasteiger partial charge in [-0.1, -0.05) is 18.2 Å². The first-order valence-electron chi connectivity index (χ1n) is 6.94. The van der Waals surface area contributed by atoms with Gasteiger partial charge in [-0.3, -0.25) is 0 Å². The maximum atomic E-state index is 4.56. The Balaban J connectivity index is 1.81. The molecule has 4 rings (SSSR count). The number of fused-ring (bicyclic) bond motifs is 2. The summed E-state index contributed by atoms with van der Waals surface area (Å²) in [4.78, 5) is 3.49. The van der Waals surface area contributed by atoms with Crippen molar-refractivity contribution in [3.8, 4) is 0 Å². The molecule has 2 atom stereocenters. The molecule has 1 fully saturated rings. The lowest BCUT2D eigenvalue weighted by molar-refractivity contribution is 0.451. The van der Waals surface area contributed by atoms with E-state index in [0.29, 0.717) is 12.0 Å². The van der Waals surface area contributed by atoms with Crippen LogP contribution in [-0.4, -0.2) is 23.8 Å². The maximum absolute atomic E-state index is 4.56. The summed E-state index contributed by atoms with van der Waals surface area (Å²) in [5.41, 5.74) is 8.53. The van der Waals surface area contributed by atoms with E-state index in [9.17, 15) is 0 Å². The van der Waals surface area contributed by atoms with Crippen LogP contribution in [0.25, 0.3) is 10.9 Å². The van der Waals surface area contributed by atoms with Crippen LogP contribution >= 0.6 is 0 Å². The van der Waals surface area contributed by atoms with Crippen molar-refractivity contribution in [1.29, 1.82) is 0 Å². The minimum atomic E-state index is 0.305. The molecule has 0 bridgehead atoms. The number of piperidine rings is 1. The Kier molecular flexibility index (Phi) is 2.38. The molecule has 4 nitrogen and oxygen atoms in total. The molecule has 3 N–H and O–H groups in total. The number of aryl methyl sites for hydroxylation is 1. The Labute approximate surface area is 112 Å². The first kappa shape index (κ1) is 11.1. The average molecular weight is 254 g/mol. The van der Waals surface area contributed by atoms with Crippen molar-refractivity contribution < 1.29 is 0 Å². The lowest BCUT2D eigenvalue weighted by atomic mass is 9.86. The normalized spacial score (nSPS) is 26.1. The monoisotopic (exact) mass is 254 g/mol. The number of nitrogens with one attached hydrogen (secondary N) is 3. The third-order valence-corrected chi connectivity index (χ3v) is 4.35. The summed E-state index contributed by atoms with van der Waals surface area (Å²) in [5.74, 6) is 0.492. The Bertz CT molecular complexity index is 655. The number of nitrogens with zero attached hydrogens (tertiary/aromatic N) is 1. The summed E-state index contributed by atoms with van der Waals surface area (Å²) in [6.45, 7) is 4.23. The van der Waals surface area contributed by atoms with E-state index in [2.05, 4.69) is 52.0 Å². The van der Waals surface area contributed by atoms with Crippen LogP contribution in [-0.2, 0) is 0 Å². The summed E-state index contributed by atoms with van der Waals surface area (Å²) in [5, 5.41) is 9.36. The second-order valence-electron chi connectivity index (χ2n) is 5.48. The van der Waals surface area contributed by atoms with Gasteiger partial charge >= 0.3 is 0 Å². The Morgan fingerprint density at radius 1 is 1.26 bits per heavy atom. The third kappa shape index (κ3) is 1.60. The molecule has 0 saturated carbocycles. The molecule has 98 valence electrons. The SMILES string of the molecule is Cc1[nH]c2ccccc2c1C1NN=C2CCNCC21. The van der Waals surface area contributed by atoms with Gasteiger partial charge in [0.1, 0.15) is 0 Å². The molecule has 2 aromatic rings. The van der Waals surface area contributed by atoms with Gasteiger partial charge in [0.25, 0.3) is 0 Å². The Morgan fingerprint density at radius 2 is 2.16 bits per heavy atom. The van der Waals surface area contributed by atoms with Gasteiger partial charge in [-0.2, -0.15) is 5.10 Å². The highest BCUT2D eigenvalue weighted by molar-refractivity contribution is 5.92. The number of hydrazone groups is 1. The highest BCUT2D eigenvalue weighted by Gasteiger charge is 2.36. The molecule has 1 saturated heterocycles.